The highest BCUT2D eigenvalue weighted by Crippen LogP contribution is 2.39. The van der Waals surface area contributed by atoms with Crippen LogP contribution in [0.1, 0.15) is 11.1 Å². The second-order valence-corrected chi connectivity index (χ2v) is 4.94. The molecular weight excluding hydrogens is 324 g/mol. The molecule has 0 fully saturated rings. The predicted octanol–water partition coefficient (Wildman–Crippen LogP) is 3.68. The second-order valence-electron chi connectivity index (χ2n) is 4.94. The first-order valence-electron chi connectivity index (χ1n) is 7.20. The van der Waals surface area contributed by atoms with Gasteiger partial charge in [0.2, 0.25) is 5.75 Å². The predicted molar refractivity (Wildman–Crippen MR) is 92.7 cm³/mol. The Labute approximate surface area is 144 Å². The van der Waals surface area contributed by atoms with E-state index in [4.69, 9.17) is 14.2 Å². The van der Waals surface area contributed by atoms with Gasteiger partial charge in [-0.1, -0.05) is 12.1 Å². The number of ether oxygens (including phenoxy) is 3. The molecule has 0 N–H and O–H groups in total. The summed E-state index contributed by atoms with van der Waals surface area (Å²) < 4.78 is 15.8. The van der Waals surface area contributed by atoms with Crippen molar-refractivity contribution in [2.45, 2.75) is 0 Å². The first-order chi connectivity index (χ1) is 12.0. The van der Waals surface area contributed by atoms with Crippen molar-refractivity contribution in [2.24, 2.45) is 0 Å². The molecular formula is C18H16N2O5. The highest BCUT2D eigenvalue weighted by atomic mass is 16.6. The summed E-state index contributed by atoms with van der Waals surface area (Å²) in [6, 6.07) is 11.3. The Kier molecular flexibility index (Phi) is 5.58. The Morgan fingerprint density at radius 3 is 2.24 bits per heavy atom. The van der Waals surface area contributed by atoms with Gasteiger partial charge in [-0.05, 0) is 29.3 Å². The minimum atomic E-state index is -0.502. The first-order valence-corrected chi connectivity index (χ1v) is 7.20. The van der Waals surface area contributed by atoms with E-state index in [2.05, 4.69) is 6.07 Å². The lowest BCUT2D eigenvalue weighted by Gasteiger charge is -2.13. The molecule has 2 aromatic carbocycles. The molecule has 2 rings (SSSR count). The van der Waals surface area contributed by atoms with Crippen LogP contribution in [0.15, 0.2) is 36.4 Å². The monoisotopic (exact) mass is 340 g/mol. The van der Waals surface area contributed by atoms with Crippen LogP contribution in [0.2, 0.25) is 0 Å². The van der Waals surface area contributed by atoms with Crippen LogP contribution >= 0.6 is 0 Å². The SMILES string of the molecule is COc1cc(C=C(C#N)c2cccc([N+](=O)[O-])c2)cc(OC)c1OC. The number of nitro groups is 1. The van der Waals surface area contributed by atoms with Gasteiger partial charge >= 0.3 is 0 Å². The topological polar surface area (TPSA) is 94.6 Å². The third-order valence-electron chi connectivity index (χ3n) is 3.49. The minimum absolute atomic E-state index is 0.0801. The molecule has 0 atom stereocenters. The van der Waals surface area contributed by atoms with E-state index in [0.717, 1.165) is 0 Å². The smallest absolute Gasteiger partial charge is 0.270 e. The maximum atomic E-state index is 10.9. The minimum Gasteiger partial charge on any atom is -0.493 e. The molecule has 2 aromatic rings. The Bertz CT molecular complexity index is 843. The van der Waals surface area contributed by atoms with E-state index in [1.165, 1.54) is 39.5 Å². The van der Waals surface area contributed by atoms with Gasteiger partial charge in [-0.2, -0.15) is 5.26 Å². The summed E-state index contributed by atoms with van der Waals surface area (Å²) >= 11 is 0. The molecule has 0 saturated carbocycles. The molecule has 0 saturated heterocycles. The van der Waals surface area contributed by atoms with Gasteiger partial charge in [-0.25, -0.2) is 0 Å². The summed E-state index contributed by atoms with van der Waals surface area (Å²) in [4.78, 5) is 10.4. The first kappa shape index (κ1) is 17.8. The van der Waals surface area contributed by atoms with Crippen molar-refractivity contribution in [3.63, 3.8) is 0 Å². The maximum Gasteiger partial charge on any atom is 0.270 e. The molecule has 0 aliphatic carbocycles. The molecule has 0 heterocycles. The van der Waals surface area contributed by atoms with Crippen LogP contribution in [0.5, 0.6) is 17.2 Å². The quantitative estimate of drug-likeness (QED) is 0.344. The van der Waals surface area contributed by atoms with Gasteiger partial charge in [0.1, 0.15) is 0 Å². The van der Waals surface area contributed by atoms with E-state index in [0.29, 0.717) is 28.4 Å². The average molecular weight is 340 g/mol. The van der Waals surface area contributed by atoms with Crippen molar-refractivity contribution in [3.05, 3.63) is 57.6 Å². The number of nitriles is 1. The summed E-state index contributed by atoms with van der Waals surface area (Å²) in [5, 5.41) is 20.4. The molecule has 0 unspecified atom stereocenters. The van der Waals surface area contributed by atoms with Crippen molar-refractivity contribution in [3.8, 4) is 23.3 Å². The fraction of sp³-hybridized carbons (Fsp3) is 0.167. The van der Waals surface area contributed by atoms with Gasteiger partial charge < -0.3 is 14.2 Å². The summed E-state index contributed by atoms with van der Waals surface area (Å²) in [6.45, 7) is 0. The zero-order valence-electron chi connectivity index (χ0n) is 14.0. The number of nitrogens with zero attached hydrogens (tertiary/aromatic N) is 2. The number of benzene rings is 2. The van der Waals surface area contributed by atoms with Crippen LogP contribution in [-0.2, 0) is 0 Å². The Morgan fingerprint density at radius 2 is 1.76 bits per heavy atom. The molecule has 0 amide bonds. The van der Waals surface area contributed by atoms with E-state index in [9.17, 15) is 15.4 Å². The van der Waals surface area contributed by atoms with Gasteiger partial charge in [0, 0.05) is 12.1 Å². The number of methoxy groups -OCH3 is 3. The molecule has 0 aliphatic rings. The number of hydrogen-bond donors (Lipinski definition) is 0. The largest absolute Gasteiger partial charge is 0.493 e. The average Bonchev–Trinajstić information content (AvgIpc) is 2.65. The molecule has 25 heavy (non-hydrogen) atoms. The van der Waals surface area contributed by atoms with E-state index in [-0.39, 0.29) is 11.3 Å². The van der Waals surface area contributed by atoms with E-state index >= 15 is 0 Å². The number of non-ortho nitro benzene ring substituents is 1. The van der Waals surface area contributed by atoms with E-state index < -0.39 is 4.92 Å². The lowest BCUT2D eigenvalue weighted by molar-refractivity contribution is -0.384. The van der Waals surface area contributed by atoms with Crippen molar-refractivity contribution < 1.29 is 19.1 Å². The Morgan fingerprint density at radius 1 is 1.12 bits per heavy atom. The Balaban J connectivity index is 2.55. The standard InChI is InChI=1S/C18H16N2O5/c1-23-16-8-12(9-17(24-2)18(16)25-3)7-14(11-19)13-5-4-6-15(10-13)20(21)22/h4-10H,1-3H3. The molecule has 0 aromatic heterocycles. The van der Waals surface area contributed by atoms with Gasteiger partial charge in [-0.3, -0.25) is 10.1 Å². The van der Waals surface area contributed by atoms with Crippen molar-refractivity contribution >= 4 is 17.3 Å². The van der Waals surface area contributed by atoms with Crippen LogP contribution in [0, 0.1) is 21.4 Å². The number of allylic oxidation sites excluding steroid dienone is 1. The van der Waals surface area contributed by atoms with Gasteiger partial charge in [-0.15, -0.1) is 0 Å². The highest BCUT2D eigenvalue weighted by molar-refractivity contribution is 5.90. The third kappa shape index (κ3) is 3.87. The molecule has 128 valence electrons. The highest BCUT2D eigenvalue weighted by Gasteiger charge is 2.14. The van der Waals surface area contributed by atoms with Crippen molar-refractivity contribution in [1.29, 1.82) is 5.26 Å². The lowest BCUT2D eigenvalue weighted by Crippen LogP contribution is -1.96. The van der Waals surface area contributed by atoms with Gasteiger partial charge in [0.15, 0.2) is 11.5 Å². The third-order valence-corrected chi connectivity index (χ3v) is 3.49. The van der Waals surface area contributed by atoms with Gasteiger partial charge in [0.05, 0.1) is 37.9 Å². The maximum absolute atomic E-state index is 10.9. The van der Waals surface area contributed by atoms with E-state index in [1.807, 2.05) is 0 Å². The van der Waals surface area contributed by atoms with Gasteiger partial charge in [0.25, 0.3) is 5.69 Å². The Hall–Kier alpha value is -3.53. The van der Waals surface area contributed by atoms with Crippen LogP contribution in [0.3, 0.4) is 0 Å². The summed E-state index contributed by atoms with van der Waals surface area (Å²) in [6.07, 6.45) is 1.60. The number of rotatable bonds is 6. The lowest BCUT2D eigenvalue weighted by atomic mass is 10.0. The van der Waals surface area contributed by atoms with Crippen LogP contribution in [0.4, 0.5) is 5.69 Å². The second kappa shape index (κ2) is 7.84. The zero-order valence-corrected chi connectivity index (χ0v) is 14.0. The summed E-state index contributed by atoms with van der Waals surface area (Å²) in [5.41, 5.74) is 1.28. The number of nitro benzene ring substituents is 1. The molecule has 0 aliphatic heterocycles. The fourth-order valence-corrected chi connectivity index (χ4v) is 2.32. The molecule has 0 radical (unpaired) electrons. The van der Waals surface area contributed by atoms with Crippen LogP contribution < -0.4 is 14.2 Å². The van der Waals surface area contributed by atoms with Crippen LogP contribution in [0.25, 0.3) is 11.6 Å². The van der Waals surface area contributed by atoms with Crippen molar-refractivity contribution in [1.82, 2.24) is 0 Å². The molecule has 7 nitrogen and oxygen atoms in total. The van der Waals surface area contributed by atoms with Crippen LogP contribution in [-0.4, -0.2) is 26.3 Å². The summed E-state index contributed by atoms with van der Waals surface area (Å²) in [5.74, 6) is 1.34. The normalized spacial score (nSPS) is 10.7. The van der Waals surface area contributed by atoms with E-state index in [1.54, 1.807) is 24.3 Å². The molecule has 7 heteroatoms. The molecule has 0 spiro atoms. The number of hydrogen-bond acceptors (Lipinski definition) is 6. The fourth-order valence-electron chi connectivity index (χ4n) is 2.32. The molecule has 0 bridgehead atoms. The summed E-state index contributed by atoms with van der Waals surface area (Å²) in [7, 11) is 4.49. The zero-order chi connectivity index (χ0) is 18.4. The van der Waals surface area contributed by atoms with Crippen molar-refractivity contribution in [2.75, 3.05) is 21.3 Å².